The van der Waals surface area contributed by atoms with Crippen molar-refractivity contribution >= 4 is 23.0 Å². The second-order valence-electron chi connectivity index (χ2n) is 4.90. The molecule has 0 aromatic heterocycles. The molecule has 4 heteroatoms. The lowest BCUT2D eigenvalue weighted by atomic mass is 10.0. The van der Waals surface area contributed by atoms with Crippen molar-refractivity contribution in [3.63, 3.8) is 0 Å². The lowest BCUT2D eigenvalue weighted by Gasteiger charge is -2.28. The van der Waals surface area contributed by atoms with Gasteiger partial charge >= 0.3 is 0 Å². The Hall–Kier alpha value is -1.13. The van der Waals surface area contributed by atoms with Gasteiger partial charge in [-0.1, -0.05) is 38.0 Å². The summed E-state index contributed by atoms with van der Waals surface area (Å²) in [5.41, 5.74) is 5.78. The van der Waals surface area contributed by atoms with Crippen LogP contribution in [0.4, 0.5) is 5.69 Å². The zero-order chi connectivity index (χ0) is 13.2. The van der Waals surface area contributed by atoms with E-state index in [0.29, 0.717) is 0 Å². The Bertz CT molecular complexity index is 429. The number of anilines is 1. The van der Waals surface area contributed by atoms with Gasteiger partial charge in [0.15, 0.2) is 5.11 Å². The third-order valence-corrected chi connectivity index (χ3v) is 3.73. The smallest absolute Gasteiger partial charge is 0.189 e. The number of hydrazine groups is 1. The first-order valence-corrected chi connectivity index (χ1v) is 6.98. The van der Waals surface area contributed by atoms with Gasteiger partial charge in [0.2, 0.25) is 0 Å². The van der Waals surface area contributed by atoms with Crippen LogP contribution in [-0.4, -0.2) is 10.8 Å². The average Bonchev–Trinajstić information content (AvgIpc) is 2.69. The molecule has 98 valence electrons. The molecule has 3 nitrogen and oxygen atoms in total. The molecule has 1 aliphatic rings. The maximum Gasteiger partial charge on any atom is 0.189 e. The van der Waals surface area contributed by atoms with E-state index < -0.39 is 0 Å². The van der Waals surface area contributed by atoms with Crippen molar-refractivity contribution in [1.82, 2.24) is 10.7 Å². The summed E-state index contributed by atoms with van der Waals surface area (Å²) in [6.45, 7) is 6.46. The van der Waals surface area contributed by atoms with Gasteiger partial charge in [0.25, 0.3) is 0 Å². The predicted octanol–water partition coefficient (Wildman–Crippen LogP) is 3.10. The number of nitrogens with one attached hydrogen (secondary N) is 2. The first-order valence-electron chi connectivity index (χ1n) is 6.57. The topological polar surface area (TPSA) is 27.3 Å². The van der Waals surface area contributed by atoms with Crippen molar-refractivity contribution in [2.75, 3.05) is 5.01 Å². The predicted molar refractivity (Wildman–Crippen MR) is 80.5 cm³/mol. The Labute approximate surface area is 115 Å². The fourth-order valence-electron chi connectivity index (χ4n) is 2.32. The first kappa shape index (κ1) is 13.3. The molecule has 18 heavy (non-hydrogen) atoms. The molecule has 1 heterocycles. The third-order valence-electron chi connectivity index (χ3n) is 3.45. The average molecular weight is 263 g/mol. The molecule has 1 fully saturated rings. The van der Waals surface area contributed by atoms with Gasteiger partial charge < -0.3 is 5.32 Å². The Kier molecular flexibility index (Phi) is 3.88. The number of thiocarbonyl (C=S) groups is 1. The summed E-state index contributed by atoms with van der Waals surface area (Å²) >= 11 is 5.44. The third kappa shape index (κ3) is 2.49. The van der Waals surface area contributed by atoms with Crippen LogP contribution in [0.1, 0.15) is 38.7 Å². The molecule has 1 atom stereocenters. The van der Waals surface area contributed by atoms with E-state index in [1.54, 1.807) is 0 Å². The first-order chi connectivity index (χ1) is 8.60. The van der Waals surface area contributed by atoms with Crippen LogP contribution in [0.25, 0.3) is 0 Å². The lowest BCUT2D eigenvalue weighted by Crippen LogP contribution is -2.50. The van der Waals surface area contributed by atoms with Crippen molar-refractivity contribution in [1.29, 1.82) is 0 Å². The minimum absolute atomic E-state index is 0.0866. The largest absolute Gasteiger partial charge is 0.342 e. The fraction of sp³-hybridized carbons (Fsp3) is 0.500. The SMILES string of the molecule is CCC[C@@]1(CC)NC(=S)N(c2ccc(C)cc2)N1. The summed E-state index contributed by atoms with van der Waals surface area (Å²) in [6, 6.07) is 8.39. The molecule has 2 N–H and O–H groups in total. The monoisotopic (exact) mass is 263 g/mol. The van der Waals surface area contributed by atoms with Crippen LogP contribution in [0.2, 0.25) is 0 Å². The van der Waals surface area contributed by atoms with Gasteiger partial charge in [-0.15, -0.1) is 0 Å². The van der Waals surface area contributed by atoms with Crippen LogP contribution in [0, 0.1) is 6.92 Å². The summed E-state index contributed by atoms with van der Waals surface area (Å²) in [7, 11) is 0. The number of nitrogens with zero attached hydrogens (tertiary/aromatic N) is 1. The van der Waals surface area contributed by atoms with E-state index in [4.69, 9.17) is 12.2 Å². The van der Waals surface area contributed by atoms with Crippen molar-refractivity contribution < 1.29 is 0 Å². The van der Waals surface area contributed by atoms with Gasteiger partial charge in [-0.05, 0) is 44.1 Å². The van der Waals surface area contributed by atoms with Crippen molar-refractivity contribution in [2.24, 2.45) is 0 Å². The number of hydrogen-bond acceptors (Lipinski definition) is 2. The number of hydrogen-bond donors (Lipinski definition) is 2. The molecular formula is C14H21N3S. The molecule has 1 aromatic rings. The second-order valence-corrected chi connectivity index (χ2v) is 5.29. The Morgan fingerprint density at radius 2 is 1.89 bits per heavy atom. The summed E-state index contributed by atoms with van der Waals surface area (Å²) in [4.78, 5) is 0. The van der Waals surface area contributed by atoms with Crippen LogP contribution < -0.4 is 15.8 Å². The van der Waals surface area contributed by atoms with Crippen molar-refractivity contribution in [2.45, 2.75) is 45.7 Å². The van der Waals surface area contributed by atoms with Gasteiger partial charge in [0.1, 0.15) is 5.66 Å². The molecule has 0 bridgehead atoms. The van der Waals surface area contributed by atoms with Crippen LogP contribution >= 0.6 is 12.2 Å². The highest BCUT2D eigenvalue weighted by molar-refractivity contribution is 7.80. The van der Waals surface area contributed by atoms with E-state index in [9.17, 15) is 0 Å². The molecular weight excluding hydrogens is 242 g/mol. The van der Waals surface area contributed by atoms with E-state index in [-0.39, 0.29) is 5.66 Å². The summed E-state index contributed by atoms with van der Waals surface area (Å²) < 4.78 is 0. The zero-order valence-electron chi connectivity index (χ0n) is 11.3. The molecule has 0 radical (unpaired) electrons. The number of rotatable bonds is 4. The van der Waals surface area contributed by atoms with Crippen LogP contribution in [0.15, 0.2) is 24.3 Å². The van der Waals surface area contributed by atoms with Crippen LogP contribution in [-0.2, 0) is 0 Å². The molecule has 1 saturated heterocycles. The number of benzene rings is 1. The lowest BCUT2D eigenvalue weighted by molar-refractivity contribution is 0.300. The van der Waals surface area contributed by atoms with Gasteiger partial charge in [-0.2, -0.15) is 0 Å². The molecule has 1 aliphatic heterocycles. The molecule has 2 rings (SSSR count). The molecule has 1 aromatic carbocycles. The van der Waals surface area contributed by atoms with Crippen LogP contribution in [0.5, 0.6) is 0 Å². The van der Waals surface area contributed by atoms with E-state index in [1.807, 2.05) is 5.01 Å². The highest BCUT2D eigenvalue weighted by atomic mass is 32.1. The Balaban J connectivity index is 2.21. The molecule has 0 saturated carbocycles. The standard InChI is InChI=1S/C14H21N3S/c1-4-10-14(5-2)15-13(18)17(16-14)12-8-6-11(3)7-9-12/h6-9,16H,4-5,10H2,1-3H3,(H,15,18)/t14-/m0/s1. The fourth-order valence-corrected chi connectivity index (χ4v) is 2.66. The molecule has 0 aliphatic carbocycles. The van der Waals surface area contributed by atoms with Gasteiger partial charge in [0, 0.05) is 0 Å². The second kappa shape index (κ2) is 5.24. The van der Waals surface area contributed by atoms with Gasteiger partial charge in [-0.25, -0.2) is 5.43 Å². The summed E-state index contributed by atoms with van der Waals surface area (Å²) in [5.74, 6) is 0. The molecule has 0 spiro atoms. The highest BCUT2D eigenvalue weighted by Gasteiger charge is 2.38. The molecule has 0 amide bonds. The Morgan fingerprint density at radius 3 is 2.44 bits per heavy atom. The number of aryl methyl sites for hydroxylation is 1. The maximum absolute atomic E-state index is 5.44. The summed E-state index contributed by atoms with van der Waals surface area (Å²) in [6.07, 6.45) is 3.19. The zero-order valence-corrected chi connectivity index (χ0v) is 12.1. The normalized spacial score (nSPS) is 23.3. The van der Waals surface area contributed by atoms with E-state index in [0.717, 1.165) is 30.1 Å². The Morgan fingerprint density at radius 1 is 1.22 bits per heavy atom. The minimum atomic E-state index is -0.0866. The van der Waals surface area contributed by atoms with E-state index in [1.165, 1.54) is 5.56 Å². The minimum Gasteiger partial charge on any atom is -0.342 e. The van der Waals surface area contributed by atoms with Crippen molar-refractivity contribution in [3.05, 3.63) is 29.8 Å². The highest BCUT2D eigenvalue weighted by Crippen LogP contribution is 2.24. The van der Waals surface area contributed by atoms with Crippen LogP contribution in [0.3, 0.4) is 0 Å². The van der Waals surface area contributed by atoms with E-state index >= 15 is 0 Å². The quantitative estimate of drug-likeness (QED) is 0.816. The van der Waals surface area contributed by atoms with E-state index in [2.05, 4.69) is 55.8 Å². The van der Waals surface area contributed by atoms with Gasteiger partial charge in [0.05, 0.1) is 5.69 Å². The summed E-state index contributed by atoms with van der Waals surface area (Å²) in [5, 5.41) is 6.17. The van der Waals surface area contributed by atoms with Gasteiger partial charge in [-0.3, -0.25) is 5.01 Å². The molecule has 0 unspecified atom stereocenters. The maximum atomic E-state index is 5.44. The van der Waals surface area contributed by atoms with Crippen molar-refractivity contribution in [3.8, 4) is 0 Å².